The molecule has 0 N–H and O–H groups in total. The molecule has 1 heteroatoms. The van der Waals surface area contributed by atoms with Gasteiger partial charge in [-0.2, -0.15) is 0 Å². The highest BCUT2D eigenvalue weighted by Gasteiger charge is 2.05. The summed E-state index contributed by atoms with van der Waals surface area (Å²) < 4.78 is 1.11. The fraction of sp³-hybridized carbons (Fsp3) is 0.100. The topological polar surface area (TPSA) is 0 Å². The zero-order valence-corrected chi connectivity index (χ0v) is 13.8. The van der Waals surface area contributed by atoms with Crippen molar-refractivity contribution in [2.45, 2.75) is 13.8 Å². The van der Waals surface area contributed by atoms with E-state index in [4.69, 9.17) is 0 Å². The van der Waals surface area contributed by atoms with Crippen LogP contribution >= 0.6 is 15.9 Å². The van der Waals surface area contributed by atoms with Crippen molar-refractivity contribution in [1.29, 1.82) is 0 Å². The van der Waals surface area contributed by atoms with Crippen molar-refractivity contribution in [1.82, 2.24) is 0 Å². The molecule has 0 aliphatic rings. The van der Waals surface area contributed by atoms with Crippen LogP contribution in [0.5, 0.6) is 0 Å². The van der Waals surface area contributed by atoms with E-state index in [-0.39, 0.29) is 0 Å². The van der Waals surface area contributed by atoms with Crippen LogP contribution in [0.2, 0.25) is 0 Å². The van der Waals surface area contributed by atoms with Gasteiger partial charge in [0.2, 0.25) is 0 Å². The molecule has 0 heterocycles. The van der Waals surface area contributed by atoms with Crippen LogP contribution in [-0.2, 0) is 0 Å². The fourth-order valence-electron chi connectivity index (χ4n) is 2.57. The normalized spacial score (nSPS) is 10.6. The van der Waals surface area contributed by atoms with Gasteiger partial charge in [0.1, 0.15) is 0 Å². The molecule has 0 atom stereocenters. The minimum atomic E-state index is 1.11. The Morgan fingerprint density at radius 1 is 0.571 bits per heavy atom. The summed E-state index contributed by atoms with van der Waals surface area (Å²) in [5.74, 6) is 0. The molecule has 0 saturated heterocycles. The molecule has 3 aromatic rings. The molecular weight excluding hydrogens is 320 g/mol. The molecule has 3 rings (SSSR count). The van der Waals surface area contributed by atoms with Crippen molar-refractivity contribution in [3.63, 3.8) is 0 Å². The lowest BCUT2D eigenvalue weighted by Crippen LogP contribution is -1.84. The van der Waals surface area contributed by atoms with Gasteiger partial charge in [0.15, 0.2) is 0 Å². The Bertz CT molecular complexity index is 724. The van der Waals surface area contributed by atoms with Crippen molar-refractivity contribution in [2.75, 3.05) is 0 Å². The highest BCUT2D eigenvalue weighted by Crippen LogP contribution is 2.31. The van der Waals surface area contributed by atoms with Gasteiger partial charge < -0.3 is 0 Å². The van der Waals surface area contributed by atoms with E-state index in [0.717, 1.165) is 4.47 Å². The molecule has 0 bridgehead atoms. The third kappa shape index (κ3) is 3.25. The van der Waals surface area contributed by atoms with Crippen LogP contribution in [0.25, 0.3) is 22.3 Å². The van der Waals surface area contributed by atoms with Crippen molar-refractivity contribution < 1.29 is 0 Å². The molecule has 0 fully saturated rings. The number of hydrogen-bond acceptors (Lipinski definition) is 0. The molecule has 0 nitrogen and oxygen atoms in total. The first kappa shape index (κ1) is 14.1. The van der Waals surface area contributed by atoms with E-state index in [1.54, 1.807) is 0 Å². The third-order valence-electron chi connectivity index (χ3n) is 3.60. The lowest BCUT2D eigenvalue weighted by Gasteiger charge is -2.09. The summed E-state index contributed by atoms with van der Waals surface area (Å²) in [7, 11) is 0. The minimum absolute atomic E-state index is 1.11. The number of aryl methyl sites for hydroxylation is 2. The molecule has 104 valence electrons. The Balaban J connectivity index is 2.12. The van der Waals surface area contributed by atoms with Crippen molar-refractivity contribution >= 4 is 15.9 Å². The lowest BCUT2D eigenvalue weighted by atomic mass is 9.97. The molecular formula is C20H17Br. The van der Waals surface area contributed by atoms with Crippen LogP contribution in [0.15, 0.2) is 71.2 Å². The predicted molar refractivity (Wildman–Crippen MR) is 94.5 cm³/mol. The average molecular weight is 337 g/mol. The smallest absolute Gasteiger partial charge is 0.0187 e. The molecule has 0 aliphatic heterocycles. The van der Waals surface area contributed by atoms with Crippen LogP contribution < -0.4 is 0 Å². The molecule has 3 aromatic carbocycles. The van der Waals surface area contributed by atoms with Gasteiger partial charge in [0.05, 0.1) is 0 Å². The second-order valence-corrected chi connectivity index (χ2v) is 6.38. The zero-order valence-electron chi connectivity index (χ0n) is 12.2. The van der Waals surface area contributed by atoms with E-state index < -0.39 is 0 Å². The Kier molecular flexibility index (Phi) is 3.94. The number of hydrogen-bond donors (Lipinski definition) is 0. The van der Waals surface area contributed by atoms with Crippen LogP contribution in [0.3, 0.4) is 0 Å². The standard InChI is InChI=1S/C20H17Br/c1-14-5-3-7-16(9-14)18-11-19(13-20(21)12-18)17-8-4-6-15(2)10-17/h3-13H,1-2H3. The van der Waals surface area contributed by atoms with E-state index in [0.29, 0.717) is 0 Å². The Morgan fingerprint density at radius 3 is 1.48 bits per heavy atom. The largest absolute Gasteiger partial charge is 0.0614 e. The highest BCUT2D eigenvalue weighted by molar-refractivity contribution is 9.10. The summed E-state index contributed by atoms with van der Waals surface area (Å²) in [6.07, 6.45) is 0. The fourth-order valence-corrected chi connectivity index (χ4v) is 3.07. The summed E-state index contributed by atoms with van der Waals surface area (Å²) in [4.78, 5) is 0. The number of halogens is 1. The lowest BCUT2D eigenvalue weighted by molar-refractivity contribution is 1.45. The Morgan fingerprint density at radius 2 is 1.05 bits per heavy atom. The van der Waals surface area contributed by atoms with Gasteiger partial charge in [0.25, 0.3) is 0 Å². The number of rotatable bonds is 2. The molecule has 0 amide bonds. The van der Waals surface area contributed by atoms with Gasteiger partial charge in [-0.3, -0.25) is 0 Å². The summed E-state index contributed by atoms with van der Waals surface area (Å²) >= 11 is 3.64. The summed E-state index contributed by atoms with van der Waals surface area (Å²) in [6.45, 7) is 4.26. The SMILES string of the molecule is Cc1cccc(-c2cc(Br)cc(-c3cccc(C)c3)c2)c1. The quantitative estimate of drug-likeness (QED) is 0.507. The van der Waals surface area contributed by atoms with Gasteiger partial charge in [0, 0.05) is 4.47 Å². The maximum atomic E-state index is 3.64. The van der Waals surface area contributed by atoms with E-state index in [2.05, 4.69) is 96.5 Å². The molecule has 0 aromatic heterocycles. The van der Waals surface area contributed by atoms with Gasteiger partial charge >= 0.3 is 0 Å². The van der Waals surface area contributed by atoms with Gasteiger partial charge in [-0.1, -0.05) is 75.6 Å². The molecule has 0 aliphatic carbocycles. The van der Waals surface area contributed by atoms with Crippen molar-refractivity contribution in [2.24, 2.45) is 0 Å². The minimum Gasteiger partial charge on any atom is -0.0614 e. The molecule has 21 heavy (non-hydrogen) atoms. The van der Waals surface area contributed by atoms with E-state index in [1.165, 1.54) is 33.4 Å². The monoisotopic (exact) mass is 336 g/mol. The average Bonchev–Trinajstić information content (AvgIpc) is 2.46. The zero-order chi connectivity index (χ0) is 14.8. The van der Waals surface area contributed by atoms with Crippen LogP contribution in [0.4, 0.5) is 0 Å². The van der Waals surface area contributed by atoms with Crippen LogP contribution in [-0.4, -0.2) is 0 Å². The molecule has 0 unspecified atom stereocenters. The Labute approximate surface area is 134 Å². The molecule has 0 saturated carbocycles. The molecule has 0 spiro atoms. The van der Waals surface area contributed by atoms with Crippen molar-refractivity contribution in [3.8, 4) is 22.3 Å². The van der Waals surface area contributed by atoms with E-state index in [9.17, 15) is 0 Å². The summed E-state index contributed by atoms with van der Waals surface area (Å²) in [6, 6.07) is 23.9. The van der Waals surface area contributed by atoms with Gasteiger partial charge in [-0.05, 0) is 54.3 Å². The molecule has 0 radical (unpaired) electrons. The van der Waals surface area contributed by atoms with E-state index in [1.807, 2.05) is 0 Å². The second-order valence-electron chi connectivity index (χ2n) is 5.47. The maximum Gasteiger partial charge on any atom is 0.0187 e. The third-order valence-corrected chi connectivity index (χ3v) is 4.06. The van der Waals surface area contributed by atoms with Crippen LogP contribution in [0, 0.1) is 13.8 Å². The van der Waals surface area contributed by atoms with Gasteiger partial charge in [-0.25, -0.2) is 0 Å². The van der Waals surface area contributed by atoms with Crippen LogP contribution in [0.1, 0.15) is 11.1 Å². The van der Waals surface area contributed by atoms with Crippen molar-refractivity contribution in [3.05, 3.63) is 82.3 Å². The highest BCUT2D eigenvalue weighted by atomic mass is 79.9. The first-order chi connectivity index (χ1) is 10.1. The maximum absolute atomic E-state index is 3.64. The van der Waals surface area contributed by atoms with E-state index >= 15 is 0 Å². The first-order valence-corrected chi connectivity index (χ1v) is 7.86. The summed E-state index contributed by atoms with van der Waals surface area (Å²) in [5, 5.41) is 0. The second kappa shape index (κ2) is 5.87. The Hall–Kier alpha value is -1.86. The first-order valence-electron chi connectivity index (χ1n) is 7.06. The summed E-state index contributed by atoms with van der Waals surface area (Å²) in [5.41, 5.74) is 7.55. The predicted octanol–water partition coefficient (Wildman–Crippen LogP) is 6.40. The van der Waals surface area contributed by atoms with Gasteiger partial charge in [-0.15, -0.1) is 0 Å². The number of benzene rings is 3.